The van der Waals surface area contributed by atoms with Gasteiger partial charge < -0.3 is 0 Å². The maximum Gasteiger partial charge on any atom is 0.452 e. The fourth-order valence-electron chi connectivity index (χ4n) is 1.52. The second kappa shape index (κ2) is 5.06. The molecule has 1 aromatic carbocycles. The Labute approximate surface area is 123 Å². The summed E-state index contributed by atoms with van der Waals surface area (Å²) >= 11 is 11.2. The number of aromatic nitrogens is 3. The Hall–Kier alpha value is -1.48. The van der Waals surface area contributed by atoms with E-state index in [-0.39, 0.29) is 14.6 Å². The van der Waals surface area contributed by atoms with E-state index in [0.29, 0.717) is 0 Å². The first kappa shape index (κ1) is 15.9. The van der Waals surface area contributed by atoms with E-state index in [2.05, 4.69) is 10.2 Å². The SMILES string of the molecule is FC(F)(F)c1nnc(C(F)(F)F)n1-c1ccc(Cl)c(Cl)c1. The van der Waals surface area contributed by atoms with Gasteiger partial charge in [0.1, 0.15) is 0 Å². The molecule has 0 spiro atoms. The zero-order valence-electron chi connectivity index (χ0n) is 9.60. The van der Waals surface area contributed by atoms with Gasteiger partial charge in [-0.15, -0.1) is 10.2 Å². The topological polar surface area (TPSA) is 30.7 Å². The predicted molar refractivity (Wildman–Crippen MR) is 61.4 cm³/mol. The number of alkyl halides is 6. The number of rotatable bonds is 1. The zero-order chi connectivity index (χ0) is 16.0. The van der Waals surface area contributed by atoms with Crippen LogP contribution in [0.15, 0.2) is 18.2 Å². The summed E-state index contributed by atoms with van der Waals surface area (Å²) < 4.78 is 76.4. The number of halogens is 8. The highest BCUT2D eigenvalue weighted by molar-refractivity contribution is 6.42. The van der Waals surface area contributed by atoms with Gasteiger partial charge in [0.05, 0.1) is 15.7 Å². The first-order chi connectivity index (χ1) is 9.51. The summed E-state index contributed by atoms with van der Waals surface area (Å²) in [5, 5.41) is 4.93. The molecular weight excluding hydrogens is 347 g/mol. The molecule has 11 heteroatoms. The van der Waals surface area contributed by atoms with Gasteiger partial charge in [0, 0.05) is 0 Å². The maximum atomic E-state index is 12.8. The monoisotopic (exact) mass is 349 g/mol. The largest absolute Gasteiger partial charge is 0.452 e. The van der Waals surface area contributed by atoms with Crippen molar-refractivity contribution in [2.75, 3.05) is 0 Å². The molecule has 0 amide bonds. The molecule has 0 fully saturated rings. The van der Waals surface area contributed by atoms with Crippen LogP contribution in [0.5, 0.6) is 0 Å². The summed E-state index contributed by atoms with van der Waals surface area (Å²) in [6, 6.07) is 2.87. The second-order valence-electron chi connectivity index (χ2n) is 3.78. The van der Waals surface area contributed by atoms with Crippen molar-refractivity contribution in [1.29, 1.82) is 0 Å². The van der Waals surface area contributed by atoms with Crippen LogP contribution in [0, 0.1) is 0 Å². The summed E-state index contributed by atoms with van der Waals surface area (Å²) in [5.41, 5.74) is -0.506. The predicted octanol–water partition coefficient (Wildman–Crippen LogP) is 4.61. The highest BCUT2D eigenvalue weighted by Crippen LogP contribution is 2.37. The van der Waals surface area contributed by atoms with E-state index in [1.54, 1.807) is 0 Å². The quantitative estimate of drug-likeness (QED) is 0.704. The molecule has 0 N–H and O–H groups in total. The molecule has 3 nitrogen and oxygen atoms in total. The van der Waals surface area contributed by atoms with E-state index in [4.69, 9.17) is 23.2 Å². The molecule has 0 saturated heterocycles. The van der Waals surface area contributed by atoms with Crippen molar-refractivity contribution in [3.05, 3.63) is 39.9 Å². The minimum absolute atomic E-state index is 0.0180. The van der Waals surface area contributed by atoms with Gasteiger partial charge in [-0.1, -0.05) is 23.2 Å². The Bertz CT molecular complexity index is 645. The van der Waals surface area contributed by atoms with E-state index < -0.39 is 29.7 Å². The lowest BCUT2D eigenvalue weighted by Gasteiger charge is -2.14. The van der Waals surface area contributed by atoms with Crippen molar-refractivity contribution < 1.29 is 26.3 Å². The van der Waals surface area contributed by atoms with Crippen LogP contribution in [-0.2, 0) is 12.4 Å². The van der Waals surface area contributed by atoms with Gasteiger partial charge in [-0.3, -0.25) is 4.57 Å². The second-order valence-corrected chi connectivity index (χ2v) is 4.59. The molecular formula is C10H3Cl2F6N3. The van der Waals surface area contributed by atoms with Gasteiger partial charge in [0.15, 0.2) is 0 Å². The highest BCUT2D eigenvalue weighted by Gasteiger charge is 2.45. The molecule has 0 unspecified atom stereocenters. The first-order valence-electron chi connectivity index (χ1n) is 5.07. The third kappa shape index (κ3) is 3.08. The van der Waals surface area contributed by atoms with Gasteiger partial charge in [0.2, 0.25) is 11.6 Å². The molecule has 0 aliphatic rings. The molecule has 1 heterocycles. The van der Waals surface area contributed by atoms with Crippen molar-refractivity contribution in [3.8, 4) is 5.69 Å². The van der Waals surface area contributed by atoms with Gasteiger partial charge in [-0.2, -0.15) is 26.3 Å². The summed E-state index contributed by atoms with van der Waals surface area (Å²) in [6.45, 7) is 0. The third-order valence-electron chi connectivity index (χ3n) is 2.33. The van der Waals surface area contributed by atoms with Crippen LogP contribution < -0.4 is 0 Å². The standard InChI is InChI=1S/C10H3Cl2F6N3/c11-5-2-1-4(3-6(5)12)21-7(9(13,14)15)19-20-8(21)10(16,17)18/h1-3H. The van der Waals surface area contributed by atoms with E-state index in [1.165, 1.54) is 0 Å². The molecule has 0 bridgehead atoms. The normalized spacial score (nSPS) is 12.8. The number of hydrogen-bond donors (Lipinski definition) is 0. The third-order valence-corrected chi connectivity index (χ3v) is 3.07. The first-order valence-corrected chi connectivity index (χ1v) is 5.82. The van der Waals surface area contributed by atoms with Gasteiger partial charge in [-0.05, 0) is 18.2 Å². The van der Waals surface area contributed by atoms with Crippen LogP contribution in [0.25, 0.3) is 5.69 Å². The van der Waals surface area contributed by atoms with E-state index in [0.717, 1.165) is 18.2 Å². The van der Waals surface area contributed by atoms with Crippen LogP contribution >= 0.6 is 23.2 Å². The molecule has 0 aliphatic heterocycles. The van der Waals surface area contributed by atoms with Crippen LogP contribution in [-0.4, -0.2) is 14.8 Å². The Morgan fingerprint density at radius 1 is 0.810 bits per heavy atom. The molecule has 0 saturated carbocycles. The van der Waals surface area contributed by atoms with Crippen LogP contribution in [0.4, 0.5) is 26.3 Å². The Balaban J connectivity index is 2.75. The summed E-state index contributed by atoms with van der Waals surface area (Å²) in [4.78, 5) is 0. The van der Waals surface area contributed by atoms with Crippen molar-refractivity contribution in [2.45, 2.75) is 12.4 Å². The minimum Gasteiger partial charge on any atom is -0.268 e. The van der Waals surface area contributed by atoms with Crippen LogP contribution in [0.2, 0.25) is 10.0 Å². The van der Waals surface area contributed by atoms with Crippen molar-refractivity contribution >= 4 is 23.2 Å². The fraction of sp³-hybridized carbons (Fsp3) is 0.200. The number of hydrogen-bond acceptors (Lipinski definition) is 2. The van der Waals surface area contributed by atoms with Crippen molar-refractivity contribution in [2.24, 2.45) is 0 Å². The average Bonchev–Trinajstić information content (AvgIpc) is 2.76. The lowest BCUT2D eigenvalue weighted by molar-refractivity contribution is -0.153. The van der Waals surface area contributed by atoms with E-state index >= 15 is 0 Å². The zero-order valence-corrected chi connectivity index (χ0v) is 11.1. The molecule has 0 atom stereocenters. The minimum atomic E-state index is -5.12. The van der Waals surface area contributed by atoms with Crippen LogP contribution in [0.3, 0.4) is 0 Å². The van der Waals surface area contributed by atoms with Crippen molar-refractivity contribution in [1.82, 2.24) is 14.8 Å². The Morgan fingerprint density at radius 2 is 1.29 bits per heavy atom. The van der Waals surface area contributed by atoms with Gasteiger partial charge in [-0.25, -0.2) is 0 Å². The summed E-state index contributed by atoms with van der Waals surface area (Å²) in [5.74, 6) is -3.62. The number of benzene rings is 1. The van der Waals surface area contributed by atoms with Gasteiger partial charge in [0.25, 0.3) is 0 Å². The lowest BCUT2D eigenvalue weighted by atomic mass is 10.3. The summed E-state index contributed by atoms with van der Waals surface area (Å²) in [6.07, 6.45) is -10.2. The molecule has 2 aromatic rings. The van der Waals surface area contributed by atoms with Gasteiger partial charge >= 0.3 is 12.4 Å². The Kier molecular flexibility index (Phi) is 3.83. The molecule has 1 aromatic heterocycles. The van der Waals surface area contributed by atoms with E-state index in [1.807, 2.05) is 0 Å². The molecule has 0 aliphatic carbocycles. The molecule has 114 valence electrons. The molecule has 2 rings (SSSR count). The summed E-state index contributed by atoms with van der Waals surface area (Å²) in [7, 11) is 0. The Morgan fingerprint density at radius 3 is 1.67 bits per heavy atom. The highest BCUT2D eigenvalue weighted by atomic mass is 35.5. The smallest absolute Gasteiger partial charge is 0.268 e. The average molecular weight is 350 g/mol. The van der Waals surface area contributed by atoms with Crippen molar-refractivity contribution in [3.63, 3.8) is 0 Å². The fourth-order valence-corrected chi connectivity index (χ4v) is 1.81. The van der Waals surface area contributed by atoms with E-state index in [9.17, 15) is 26.3 Å². The van der Waals surface area contributed by atoms with Crippen LogP contribution in [0.1, 0.15) is 11.6 Å². The lowest BCUT2D eigenvalue weighted by Crippen LogP contribution is -2.19. The maximum absolute atomic E-state index is 12.8. The molecule has 21 heavy (non-hydrogen) atoms. The molecule has 0 radical (unpaired) electrons. The number of nitrogens with zero attached hydrogens (tertiary/aromatic N) is 3.